The Labute approximate surface area is 122 Å². The van der Waals surface area contributed by atoms with E-state index in [0.717, 1.165) is 52.4 Å². The van der Waals surface area contributed by atoms with E-state index >= 15 is 0 Å². The lowest BCUT2D eigenvalue weighted by Gasteiger charge is -2.12. The maximum atomic E-state index is 11.1. The molecule has 0 saturated carbocycles. The lowest BCUT2D eigenvalue weighted by atomic mass is 10.0. The van der Waals surface area contributed by atoms with Gasteiger partial charge in [0.05, 0.1) is 0 Å². The van der Waals surface area contributed by atoms with Gasteiger partial charge in [-0.15, -0.1) is 0 Å². The first-order valence-corrected chi connectivity index (χ1v) is 7.04. The summed E-state index contributed by atoms with van der Waals surface area (Å²) in [5.74, 6) is 0.769. The minimum absolute atomic E-state index is 0.0119. The number of rotatable bonds is 2. The minimum atomic E-state index is 0.0119. The number of ketones is 1. The number of benzene rings is 1. The zero-order valence-corrected chi connectivity index (χ0v) is 12.3. The quantitative estimate of drug-likeness (QED) is 0.791. The third-order valence-electron chi connectivity index (χ3n) is 3.68. The van der Waals surface area contributed by atoms with Gasteiger partial charge in [-0.25, -0.2) is 0 Å². The van der Waals surface area contributed by atoms with E-state index in [9.17, 15) is 4.79 Å². The summed E-state index contributed by atoms with van der Waals surface area (Å²) in [6.07, 6.45) is 4.21. The molecule has 0 N–H and O–H groups in total. The summed E-state index contributed by atoms with van der Waals surface area (Å²) in [5, 5.41) is 1.90. The lowest BCUT2D eigenvalue weighted by Crippen LogP contribution is -2.18. The summed E-state index contributed by atoms with van der Waals surface area (Å²) in [7, 11) is 2.08. The number of carbonyl (C=O) groups is 1. The first-order chi connectivity index (χ1) is 9.56. The molecule has 2 heterocycles. The van der Waals surface area contributed by atoms with Gasteiger partial charge in [-0.05, 0) is 50.2 Å². The van der Waals surface area contributed by atoms with Crippen LogP contribution in [-0.4, -0.2) is 24.3 Å². The molecule has 0 spiro atoms. The highest BCUT2D eigenvalue weighted by atomic mass is 35.5. The van der Waals surface area contributed by atoms with Gasteiger partial charge in [0.15, 0.2) is 5.78 Å². The van der Waals surface area contributed by atoms with Crippen LogP contribution in [0.2, 0.25) is 5.02 Å². The fraction of sp³-hybridized carbons (Fsp3) is 0.312. The number of carbonyl (C=O) groups excluding carboxylic acids is 1. The van der Waals surface area contributed by atoms with Crippen LogP contribution in [0.1, 0.15) is 23.8 Å². The first-order valence-electron chi connectivity index (χ1n) is 6.66. The fourth-order valence-corrected chi connectivity index (χ4v) is 2.95. The number of furan rings is 1. The van der Waals surface area contributed by atoms with Crippen LogP contribution in [-0.2, 0) is 17.8 Å². The summed E-state index contributed by atoms with van der Waals surface area (Å²) in [4.78, 5) is 13.4. The van der Waals surface area contributed by atoms with Gasteiger partial charge in [0.1, 0.15) is 11.3 Å². The molecule has 1 aliphatic rings. The van der Waals surface area contributed by atoms with Crippen LogP contribution in [0.15, 0.2) is 22.6 Å². The summed E-state index contributed by atoms with van der Waals surface area (Å²) >= 11 is 6.33. The van der Waals surface area contributed by atoms with Crippen LogP contribution in [0.4, 0.5) is 0 Å². The predicted molar refractivity (Wildman–Crippen MR) is 81.0 cm³/mol. The van der Waals surface area contributed by atoms with Crippen molar-refractivity contribution in [1.29, 1.82) is 0 Å². The molecule has 0 fully saturated rings. The Morgan fingerprint density at radius 1 is 1.40 bits per heavy atom. The summed E-state index contributed by atoms with van der Waals surface area (Å²) in [6.45, 7) is 3.30. The van der Waals surface area contributed by atoms with Crippen LogP contribution in [0.3, 0.4) is 0 Å². The zero-order valence-electron chi connectivity index (χ0n) is 11.6. The molecule has 1 aromatic carbocycles. The third-order valence-corrected chi connectivity index (χ3v) is 4.03. The van der Waals surface area contributed by atoms with Crippen molar-refractivity contribution in [2.24, 2.45) is 0 Å². The molecule has 4 heteroatoms. The Morgan fingerprint density at radius 2 is 2.20 bits per heavy atom. The third kappa shape index (κ3) is 2.28. The largest absolute Gasteiger partial charge is 0.456 e. The number of likely N-dealkylation sites (N-methyl/N-ethyl adjacent to an activating group) is 1. The fourth-order valence-electron chi connectivity index (χ4n) is 2.70. The molecule has 3 nitrogen and oxygen atoms in total. The Balaban J connectivity index is 2.25. The maximum Gasteiger partial charge on any atom is 0.152 e. The van der Waals surface area contributed by atoms with E-state index in [2.05, 4.69) is 11.9 Å². The first kappa shape index (κ1) is 13.4. The van der Waals surface area contributed by atoms with E-state index in [4.69, 9.17) is 16.0 Å². The van der Waals surface area contributed by atoms with E-state index in [1.165, 1.54) is 6.92 Å². The van der Waals surface area contributed by atoms with Gasteiger partial charge < -0.3 is 9.32 Å². The molecule has 20 heavy (non-hydrogen) atoms. The lowest BCUT2D eigenvalue weighted by molar-refractivity contribution is -0.112. The van der Waals surface area contributed by atoms with Crippen LogP contribution in [0.25, 0.3) is 17.0 Å². The highest BCUT2D eigenvalue weighted by Gasteiger charge is 2.22. The molecule has 0 amide bonds. The summed E-state index contributed by atoms with van der Waals surface area (Å²) < 4.78 is 5.90. The van der Waals surface area contributed by atoms with Crippen molar-refractivity contribution in [1.82, 2.24) is 4.90 Å². The van der Waals surface area contributed by atoms with E-state index in [1.807, 2.05) is 12.1 Å². The highest BCUT2D eigenvalue weighted by Crippen LogP contribution is 2.36. The standard InChI is InChI=1S/C16H16ClNO2/c1-10(19)3-5-14-12-9-18(2)8-7-11-13(17)4-6-15(20-14)16(11)12/h3-6H,7-9H2,1-2H3/b5-3+. The molecule has 0 saturated heterocycles. The smallest absolute Gasteiger partial charge is 0.152 e. The van der Waals surface area contributed by atoms with Crippen molar-refractivity contribution in [3.8, 4) is 0 Å². The van der Waals surface area contributed by atoms with Gasteiger partial charge in [-0.3, -0.25) is 4.79 Å². The molecule has 1 aromatic heterocycles. The number of nitrogens with zero attached hydrogens (tertiary/aromatic N) is 1. The van der Waals surface area contributed by atoms with Crippen molar-refractivity contribution in [3.63, 3.8) is 0 Å². The van der Waals surface area contributed by atoms with Crippen molar-refractivity contribution in [2.75, 3.05) is 13.6 Å². The molecule has 104 valence electrons. The van der Waals surface area contributed by atoms with Gasteiger partial charge in [-0.1, -0.05) is 11.6 Å². The average molecular weight is 290 g/mol. The second kappa shape index (κ2) is 5.08. The van der Waals surface area contributed by atoms with Gasteiger partial charge in [0.2, 0.25) is 0 Å². The van der Waals surface area contributed by atoms with E-state index in [-0.39, 0.29) is 5.78 Å². The molecular formula is C16H16ClNO2. The van der Waals surface area contributed by atoms with E-state index in [0.29, 0.717) is 0 Å². The van der Waals surface area contributed by atoms with Gasteiger partial charge >= 0.3 is 0 Å². The maximum absolute atomic E-state index is 11.1. The van der Waals surface area contributed by atoms with Gasteiger partial charge in [-0.2, -0.15) is 0 Å². The Kier molecular flexibility index (Phi) is 3.40. The van der Waals surface area contributed by atoms with Crippen molar-refractivity contribution in [2.45, 2.75) is 19.9 Å². The summed E-state index contributed by atoms with van der Waals surface area (Å²) in [5.41, 5.74) is 3.11. The molecule has 0 radical (unpaired) electrons. The summed E-state index contributed by atoms with van der Waals surface area (Å²) in [6, 6.07) is 3.79. The normalized spacial score (nSPS) is 15.9. The molecular weight excluding hydrogens is 274 g/mol. The molecule has 0 unspecified atom stereocenters. The van der Waals surface area contributed by atoms with Crippen molar-refractivity contribution in [3.05, 3.63) is 40.1 Å². The van der Waals surface area contributed by atoms with Crippen LogP contribution >= 0.6 is 11.6 Å². The van der Waals surface area contributed by atoms with Gasteiger partial charge in [0, 0.05) is 29.1 Å². The number of allylic oxidation sites excluding steroid dienone is 1. The van der Waals surface area contributed by atoms with E-state index in [1.54, 1.807) is 12.2 Å². The van der Waals surface area contributed by atoms with Crippen LogP contribution in [0.5, 0.6) is 0 Å². The Hall–Kier alpha value is -1.58. The SMILES string of the molecule is CC(=O)/C=C/c1oc2ccc(Cl)c3c2c1CN(C)CC3. The highest BCUT2D eigenvalue weighted by molar-refractivity contribution is 6.32. The van der Waals surface area contributed by atoms with Crippen LogP contribution in [0, 0.1) is 0 Å². The zero-order chi connectivity index (χ0) is 14.3. The molecule has 2 aromatic rings. The number of hydrogen-bond donors (Lipinski definition) is 0. The van der Waals surface area contributed by atoms with Crippen molar-refractivity contribution < 1.29 is 9.21 Å². The monoisotopic (exact) mass is 289 g/mol. The second-order valence-corrected chi connectivity index (χ2v) is 5.68. The Bertz CT molecular complexity index is 715. The van der Waals surface area contributed by atoms with E-state index < -0.39 is 0 Å². The molecule has 0 bridgehead atoms. The van der Waals surface area contributed by atoms with Gasteiger partial charge in [0.25, 0.3) is 0 Å². The topological polar surface area (TPSA) is 33.5 Å². The number of hydrogen-bond acceptors (Lipinski definition) is 3. The molecule has 0 aliphatic carbocycles. The molecule has 0 atom stereocenters. The van der Waals surface area contributed by atoms with Crippen LogP contribution < -0.4 is 0 Å². The molecule has 3 rings (SSSR count). The molecule has 1 aliphatic heterocycles. The van der Waals surface area contributed by atoms with Crippen molar-refractivity contribution >= 4 is 34.4 Å². The minimum Gasteiger partial charge on any atom is -0.456 e. The average Bonchev–Trinajstić information content (AvgIpc) is 2.62. The predicted octanol–water partition coefficient (Wildman–Crippen LogP) is 3.68. The number of halogens is 1. The second-order valence-electron chi connectivity index (χ2n) is 5.28. The Morgan fingerprint density at radius 3 is 2.95 bits per heavy atom.